The molecule has 0 aliphatic rings. The molecule has 1 heterocycles. The molecule has 0 atom stereocenters. The monoisotopic (exact) mass is 367 g/mol. The quantitative estimate of drug-likeness (QED) is 0.496. The number of hydrogen-bond donors (Lipinski definition) is 0. The Morgan fingerprint density at radius 1 is 1.12 bits per heavy atom. The van der Waals surface area contributed by atoms with Crippen LogP contribution in [0.1, 0.15) is 12.5 Å². The van der Waals surface area contributed by atoms with Crippen LogP contribution in [0.2, 0.25) is 0 Å². The van der Waals surface area contributed by atoms with Gasteiger partial charge in [0.05, 0.1) is 16.7 Å². The minimum absolute atomic E-state index is 0.0313. The van der Waals surface area contributed by atoms with Crippen LogP contribution in [0.4, 0.5) is 0 Å². The van der Waals surface area contributed by atoms with E-state index in [1.54, 1.807) is 13.1 Å². The van der Waals surface area contributed by atoms with Crippen LogP contribution in [0, 0.1) is 0 Å². The van der Waals surface area contributed by atoms with Crippen LogP contribution in [0.3, 0.4) is 0 Å². The molecule has 0 unspecified atom stereocenters. The minimum Gasteiger partial charge on any atom is -0.338 e. The summed E-state index contributed by atoms with van der Waals surface area (Å²) in [6.45, 7) is 3.19. The smallest absolute Gasteiger partial charge is 0.261 e. The highest BCUT2D eigenvalue weighted by molar-refractivity contribution is 7.99. The van der Waals surface area contributed by atoms with Crippen molar-refractivity contribution in [3.05, 3.63) is 70.5 Å². The summed E-state index contributed by atoms with van der Waals surface area (Å²) in [6.07, 6.45) is 0. The van der Waals surface area contributed by atoms with Gasteiger partial charge in [0.25, 0.3) is 5.56 Å². The van der Waals surface area contributed by atoms with Crippen molar-refractivity contribution in [3.63, 3.8) is 0 Å². The zero-order chi connectivity index (χ0) is 18.5. The number of hydrogen-bond acceptors (Lipinski definition) is 4. The molecule has 0 bridgehead atoms. The van der Waals surface area contributed by atoms with Crippen molar-refractivity contribution < 1.29 is 4.79 Å². The average molecular weight is 367 g/mol. The van der Waals surface area contributed by atoms with E-state index in [9.17, 15) is 9.59 Å². The highest BCUT2D eigenvalue weighted by Crippen LogP contribution is 2.18. The SMILES string of the molecule is CCN(Cc1ccccc1)C(=O)CSc1nc2ccccc2c(=O)n1C. The molecule has 2 aromatic carbocycles. The molecule has 0 fully saturated rings. The summed E-state index contributed by atoms with van der Waals surface area (Å²) in [4.78, 5) is 31.4. The second-order valence-electron chi connectivity index (χ2n) is 5.96. The Morgan fingerprint density at radius 3 is 2.54 bits per heavy atom. The molecule has 0 aliphatic heterocycles. The van der Waals surface area contributed by atoms with Gasteiger partial charge in [-0.25, -0.2) is 4.98 Å². The summed E-state index contributed by atoms with van der Waals surface area (Å²) in [5.74, 6) is 0.281. The first-order valence-corrected chi connectivity index (χ1v) is 9.49. The van der Waals surface area contributed by atoms with Crippen LogP contribution in [-0.2, 0) is 18.4 Å². The lowest BCUT2D eigenvalue weighted by Crippen LogP contribution is -2.32. The summed E-state index contributed by atoms with van der Waals surface area (Å²) < 4.78 is 1.51. The largest absolute Gasteiger partial charge is 0.338 e. The van der Waals surface area contributed by atoms with Crippen LogP contribution < -0.4 is 5.56 Å². The Hall–Kier alpha value is -2.60. The molecule has 134 valence electrons. The van der Waals surface area contributed by atoms with E-state index in [-0.39, 0.29) is 17.2 Å². The average Bonchev–Trinajstić information content (AvgIpc) is 2.68. The summed E-state index contributed by atoms with van der Waals surface area (Å²) in [5.41, 5.74) is 1.66. The summed E-state index contributed by atoms with van der Waals surface area (Å²) in [6, 6.07) is 17.2. The summed E-state index contributed by atoms with van der Waals surface area (Å²) >= 11 is 1.30. The summed E-state index contributed by atoms with van der Waals surface area (Å²) in [7, 11) is 1.69. The second kappa shape index (κ2) is 8.19. The predicted molar refractivity (Wildman–Crippen MR) is 105 cm³/mol. The molecule has 0 aliphatic carbocycles. The number of rotatable bonds is 6. The Balaban J connectivity index is 1.73. The fraction of sp³-hybridized carbons (Fsp3) is 0.250. The third-order valence-electron chi connectivity index (χ3n) is 4.22. The number of carbonyl (C=O) groups is 1. The number of fused-ring (bicyclic) bond motifs is 1. The lowest BCUT2D eigenvalue weighted by Gasteiger charge is -2.21. The number of benzene rings is 2. The Labute approximate surface area is 156 Å². The van der Waals surface area contributed by atoms with E-state index in [0.29, 0.717) is 29.1 Å². The van der Waals surface area contributed by atoms with Gasteiger partial charge < -0.3 is 4.90 Å². The van der Waals surface area contributed by atoms with Crippen molar-refractivity contribution in [2.45, 2.75) is 18.6 Å². The zero-order valence-electron chi connectivity index (χ0n) is 14.9. The van der Waals surface area contributed by atoms with Crippen molar-refractivity contribution in [1.82, 2.24) is 14.5 Å². The van der Waals surface area contributed by atoms with E-state index in [1.165, 1.54) is 16.3 Å². The number of aromatic nitrogens is 2. The van der Waals surface area contributed by atoms with Gasteiger partial charge in [0.1, 0.15) is 0 Å². The standard InChI is InChI=1S/C20H21N3O2S/c1-3-23(13-15-9-5-4-6-10-15)18(24)14-26-20-21-17-12-8-7-11-16(17)19(25)22(20)2/h4-12H,3,13-14H2,1-2H3. The van der Waals surface area contributed by atoms with Gasteiger partial charge in [-0.15, -0.1) is 0 Å². The van der Waals surface area contributed by atoms with Crippen LogP contribution in [0.15, 0.2) is 64.5 Å². The number of amides is 1. The highest BCUT2D eigenvalue weighted by Gasteiger charge is 2.15. The van der Waals surface area contributed by atoms with E-state index in [2.05, 4.69) is 4.98 Å². The van der Waals surface area contributed by atoms with Crippen molar-refractivity contribution in [2.24, 2.45) is 7.05 Å². The molecule has 0 spiro atoms. The lowest BCUT2D eigenvalue weighted by molar-refractivity contribution is -0.128. The number of thioether (sulfide) groups is 1. The highest BCUT2D eigenvalue weighted by atomic mass is 32.2. The fourth-order valence-electron chi connectivity index (χ4n) is 2.72. The van der Waals surface area contributed by atoms with E-state index >= 15 is 0 Å². The van der Waals surface area contributed by atoms with E-state index in [1.807, 2.05) is 60.4 Å². The first kappa shape index (κ1) is 18.2. The molecule has 0 saturated carbocycles. The van der Waals surface area contributed by atoms with Gasteiger partial charge in [0.2, 0.25) is 5.91 Å². The van der Waals surface area contributed by atoms with Crippen LogP contribution >= 0.6 is 11.8 Å². The van der Waals surface area contributed by atoms with E-state index < -0.39 is 0 Å². The van der Waals surface area contributed by atoms with Crippen LogP contribution in [0.25, 0.3) is 10.9 Å². The minimum atomic E-state index is -0.0952. The molecular weight excluding hydrogens is 346 g/mol. The van der Waals surface area contributed by atoms with Crippen molar-refractivity contribution in [3.8, 4) is 0 Å². The normalized spacial score (nSPS) is 10.8. The molecule has 1 amide bonds. The van der Waals surface area contributed by atoms with Crippen molar-refractivity contribution >= 4 is 28.6 Å². The van der Waals surface area contributed by atoms with Gasteiger partial charge in [0, 0.05) is 20.1 Å². The van der Waals surface area contributed by atoms with Crippen molar-refractivity contribution in [1.29, 1.82) is 0 Å². The van der Waals surface area contributed by atoms with Gasteiger partial charge in [0.15, 0.2) is 5.16 Å². The van der Waals surface area contributed by atoms with Gasteiger partial charge in [-0.1, -0.05) is 54.2 Å². The van der Waals surface area contributed by atoms with Gasteiger partial charge in [-0.3, -0.25) is 14.2 Å². The van der Waals surface area contributed by atoms with Crippen LogP contribution in [-0.4, -0.2) is 32.7 Å². The van der Waals surface area contributed by atoms with E-state index in [0.717, 1.165) is 5.56 Å². The Morgan fingerprint density at radius 2 is 1.81 bits per heavy atom. The predicted octanol–water partition coefficient (Wildman–Crippen LogP) is 3.07. The molecule has 0 radical (unpaired) electrons. The fourth-order valence-corrected chi connectivity index (χ4v) is 3.60. The zero-order valence-corrected chi connectivity index (χ0v) is 15.7. The molecule has 3 aromatic rings. The third-order valence-corrected chi connectivity index (χ3v) is 5.23. The first-order valence-electron chi connectivity index (χ1n) is 8.50. The van der Waals surface area contributed by atoms with Gasteiger partial charge >= 0.3 is 0 Å². The van der Waals surface area contributed by atoms with Crippen molar-refractivity contribution in [2.75, 3.05) is 12.3 Å². The van der Waals surface area contributed by atoms with Gasteiger partial charge in [-0.2, -0.15) is 0 Å². The van der Waals surface area contributed by atoms with E-state index in [4.69, 9.17) is 0 Å². The summed E-state index contributed by atoms with van der Waals surface area (Å²) in [5, 5.41) is 1.14. The number of para-hydroxylation sites is 1. The number of nitrogens with zero attached hydrogens (tertiary/aromatic N) is 3. The lowest BCUT2D eigenvalue weighted by atomic mass is 10.2. The molecule has 1 aromatic heterocycles. The van der Waals surface area contributed by atoms with Crippen LogP contribution in [0.5, 0.6) is 0 Å². The second-order valence-corrected chi connectivity index (χ2v) is 6.90. The molecule has 6 heteroatoms. The Bertz CT molecular complexity index is 970. The third kappa shape index (κ3) is 3.96. The first-order chi connectivity index (χ1) is 12.6. The maximum absolute atomic E-state index is 12.6. The molecule has 26 heavy (non-hydrogen) atoms. The molecule has 5 nitrogen and oxygen atoms in total. The molecule has 0 saturated heterocycles. The molecule has 0 N–H and O–H groups in total. The van der Waals surface area contributed by atoms with Gasteiger partial charge in [-0.05, 0) is 24.6 Å². The maximum Gasteiger partial charge on any atom is 0.261 e. The molecular formula is C20H21N3O2S. The maximum atomic E-state index is 12.6. The topological polar surface area (TPSA) is 55.2 Å². The molecule has 3 rings (SSSR count). The Kier molecular flexibility index (Phi) is 5.73. The number of carbonyl (C=O) groups excluding carboxylic acids is 1.